The first-order valence-electron chi connectivity index (χ1n) is 32.8. The highest BCUT2D eigenvalue weighted by Gasteiger charge is 2.28. The maximum atomic E-state index is 13.0. The van der Waals surface area contributed by atoms with Crippen LogP contribution in [0, 0.1) is 0 Å². The number of carbonyl (C=O) groups excluding carboxylic acids is 3. The van der Waals surface area contributed by atoms with E-state index in [1.54, 1.807) is 0 Å². The minimum absolute atomic E-state index is 0.165. The average molecular weight is 1150 g/mol. The highest BCUT2D eigenvalue weighted by atomic mass is 31.2. The minimum atomic E-state index is -4.76. The minimum Gasteiger partial charge on any atom is -0.462 e. The Morgan fingerprint density at radius 1 is 0.362 bits per heavy atom. The molecular weight excluding hydrogens is 1020 g/mol. The van der Waals surface area contributed by atoms with Gasteiger partial charge in [0.05, 0.1) is 19.8 Å². The van der Waals surface area contributed by atoms with Crippen LogP contribution in [0.3, 0.4) is 0 Å². The number of esters is 3. The summed E-state index contributed by atoms with van der Waals surface area (Å²) in [5.41, 5.74) is 0. The van der Waals surface area contributed by atoms with Gasteiger partial charge in [0.2, 0.25) is 0 Å². The SMILES string of the molecule is CC/C=C\C/C=C\C/C=C\CCCCCCCCCC(=O)OCC(COP(=O)(O)OCC(CO)OC(=O)CCCCCCCCC/C=C\C/C=C\C/C=C\CC)OC(=O)CCCCCCCCCCCCCCCCCCCCC. The Hall–Kier alpha value is -3.08. The van der Waals surface area contributed by atoms with Gasteiger partial charge in [-0.15, -0.1) is 0 Å². The second kappa shape index (κ2) is 62.0. The van der Waals surface area contributed by atoms with Crippen LogP contribution in [0.2, 0.25) is 0 Å². The van der Waals surface area contributed by atoms with Gasteiger partial charge in [0.25, 0.3) is 0 Å². The summed E-state index contributed by atoms with van der Waals surface area (Å²) >= 11 is 0. The molecule has 0 aliphatic rings. The monoisotopic (exact) mass is 1140 g/mol. The first-order valence-corrected chi connectivity index (χ1v) is 34.3. The number of unbranched alkanes of at least 4 members (excludes halogenated alkanes) is 32. The Morgan fingerprint density at radius 3 is 1.00 bits per heavy atom. The lowest BCUT2D eigenvalue weighted by Gasteiger charge is -2.21. The van der Waals surface area contributed by atoms with Crippen molar-refractivity contribution < 1.29 is 52.2 Å². The third kappa shape index (κ3) is 59.5. The van der Waals surface area contributed by atoms with E-state index in [2.05, 4.69) is 93.7 Å². The lowest BCUT2D eigenvalue weighted by Crippen LogP contribution is -2.30. The normalized spacial score (nSPS) is 13.7. The predicted octanol–water partition coefficient (Wildman–Crippen LogP) is 20.0. The van der Waals surface area contributed by atoms with E-state index in [1.807, 2.05) is 0 Å². The molecule has 80 heavy (non-hydrogen) atoms. The van der Waals surface area contributed by atoms with Crippen LogP contribution in [0.4, 0.5) is 0 Å². The van der Waals surface area contributed by atoms with Crippen molar-refractivity contribution in [3.8, 4) is 0 Å². The zero-order valence-electron chi connectivity index (χ0n) is 51.5. The summed E-state index contributed by atoms with van der Waals surface area (Å²) in [7, 11) is -4.76. The van der Waals surface area contributed by atoms with Gasteiger partial charge in [-0.3, -0.25) is 23.4 Å². The molecule has 2 N–H and O–H groups in total. The Balaban J connectivity index is 4.69. The van der Waals surface area contributed by atoms with Gasteiger partial charge < -0.3 is 24.2 Å². The number of aliphatic hydroxyl groups excluding tert-OH is 1. The first kappa shape index (κ1) is 76.9. The molecule has 0 heterocycles. The number of phosphoric ester groups is 1. The molecule has 0 fully saturated rings. The molecule has 0 radical (unpaired) electrons. The van der Waals surface area contributed by atoms with Crippen LogP contribution in [-0.4, -0.2) is 66.5 Å². The van der Waals surface area contributed by atoms with E-state index in [0.29, 0.717) is 19.3 Å². The number of ether oxygens (including phenoxy) is 3. The number of rotatable bonds is 61. The van der Waals surface area contributed by atoms with E-state index < -0.39 is 57.8 Å². The third-order valence-electron chi connectivity index (χ3n) is 14.1. The Morgan fingerprint density at radius 2 is 0.650 bits per heavy atom. The average Bonchev–Trinajstić information content (AvgIpc) is 3.45. The number of allylic oxidation sites excluding steroid dienone is 12. The van der Waals surface area contributed by atoms with Crippen molar-refractivity contribution in [1.29, 1.82) is 0 Å². The molecule has 0 aromatic rings. The molecule has 0 aliphatic heterocycles. The summed E-state index contributed by atoms with van der Waals surface area (Å²) < 4.78 is 39.7. The number of hydrogen-bond donors (Lipinski definition) is 2. The molecule has 3 atom stereocenters. The highest BCUT2D eigenvalue weighted by molar-refractivity contribution is 7.47. The molecular formula is C68H121O11P. The molecule has 12 heteroatoms. The van der Waals surface area contributed by atoms with E-state index in [1.165, 1.54) is 122 Å². The van der Waals surface area contributed by atoms with E-state index in [9.17, 15) is 28.9 Å². The van der Waals surface area contributed by atoms with Gasteiger partial charge in [-0.1, -0.05) is 273 Å². The Bertz CT molecular complexity index is 1620. The summed E-state index contributed by atoms with van der Waals surface area (Å²) in [5.74, 6) is -1.47. The molecule has 0 spiro atoms. The quantitative estimate of drug-likeness (QED) is 0.0197. The Labute approximate surface area is 490 Å². The molecule has 0 saturated heterocycles. The number of carbonyl (C=O) groups is 3. The molecule has 3 unspecified atom stereocenters. The van der Waals surface area contributed by atoms with Crippen molar-refractivity contribution in [3.63, 3.8) is 0 Å². The number of phosphoric acid groups is 1. The highest BCUT2D eigenvalue weighted by Crippen LogP contribution is 2.43. The van der Waals surface area contributed by atoms with Crippen LogP contribution in [-0.2, 0) is 42.2 Å². The molecule has 0 saturated carbocycles. The van der Waals surface area contributed by atoms with Crippen LogP contribution >= 0.6 is 7.82 Å². The van der Waals surface area contributed by atoms with E-state index in [0.717, 1.165) is 122 Å². The fraction of sp³-hybridized carbons (Fsp3) is 0.779. The number of hydrogen-bond acceptors (Lipinski definition) is 10. The van der Waals surface area contributed by atoms with Crippen LogP contribution in [0.15, 0.2) is 72.9 Å². The van der Waals surface area contributed by atoms with Crippen molar-refractivity contribution >= 4 is 25.7 Å². The molecule has 0 amide bonds. The molecule has 464 valence electrons. The van der Waals surface area contributed by atoms with Gasteiger partial charge in [0, 0.05) is 19.3 Å². The largest absolute Gasteiger partial charge is 0.472 e. The topological polar surface area (TPSA) is 155 Å². The summed E-state index contributed by atoms with van der Waals surface area (Å²) in [5, 5.41) is 9.86. The second-order valence-electron chi connectivity index (χ2n) is 21.9. The van der Waals surface area contributed by atoms with Gasteiger partial charge in [0.15, 0.2) is 6.10 Å². The van der Waals surface area contributed by atoms with Gasteiger partial charge in [-0.2, -0.15) is 0 Å². The zero-order valence-corrected chi connectivity index (χ0v) is 52.4. The van der Waals surface area contributed by atoms with Crippen molar-refractivity contribution in [2.75, 3.05) is 26.4 Å². The van der Waals surface area contributed by atoms with E-state index in [-0.39, 0.29) is 25.9 Å². The van der Waals surface area contributed by atoms with E-state index in [4.69, 9.17) is 23.3 Å². The van der Waals surface area contributed by atoms with E-state index >= 15 is 0 Å². The van der Waals surface area contributed by atoms with Crippen molar-refractivity contribution in [2.45, 2.75) is 315 Å². The molecule has 11 nitrogen and oxygen atoms in total. The van der Waals surface area contributed by atoms with Gasteiger partial charge in [0.1, 0.15) is 12.7 Å². The molecule has 0 aliphatic carbocycles. The van der Waals surface area contributed by atoms with Gasteiger partial charge >= 0.3 is 25.7 Å². The van der Waals surface area contributed by atoms with Gasteiger partial charge in [-0.25, -0.2) is 4.57 Å². The molecule has 0 rings (SSSR count). The van der Waals surface area contributed by atoms with Gasteiger partial charge in [-0.05, 0) is 83.5 Å². The van der Waals surface area contributed by atoms with Crippen molar-refractivity contribution in [1.82, 2.24) is 0 Å². The molecule has 0 aromatic carbocycles. The summed E-state index contributed by atoms with van der Waals surface area (Å²) in [6, 6.07) is 0. The summed E-state index contributed by atoms with van der Waals surface area (Å²) in [4.78, 5) is 48.8. The molecule has 0 aromatic heterocycles. The summed E-state index contributed by atoms with van der Waals surface area (Å²) in [6.45, 7) is 4.46. The van der Waals surface area contributed by atoms with Crippen LogP contribution < -0.4 is 0 Å². The lowest BCUT2D eigenvalue weighted by atomic mass is 10.0. The smallest absolute Gasteiger partial charge is 0.462 e. The molecule has 0 bridgehead atoms. The number of aliphatic hydroxyl groups is 1. The maximum Gasteiger partial charge on any atom is 0.472 e. The van der Waals surface area contributed by atoms with Crippen LogP contribution in [0.1, 0.15) is 303 Å². The standard InChI is InChI=1S/C68H121O11P/c1-4-7-10-13-16-19-22-25-28-31-32-35-38-41-44-47-50-53-56-59-68(72)79-65(61-75-66(70)57-54-51-48-45-42-39-36-33-29-26-23-20-17-14-11-8-5-2)63-77-80(73,74)76-62-64(60-69)78-67(71)58-55-52-49-46-43-40-37-34-30-27-24-21-18-15-12-9-6-3/h8-9,11-12,17-18,20-21,26-27,29-30,64-65,69H,4-7,10,13-16,19,22-25,28,31-63H2,1-3H3,(H,73,74)/b11-8-,12-9-,20-17-,21-18-,29-26-,30-27-. The fourth-order valence-corrected chi connectivity index (χ4v) is 10.00. The zero-order chi connectivity index (χ0) is 58.3. The second-order valence-corrected chi connectivity index (χ2v) is 23.3. The van der Waals surface area contributed by atoms with Crippen molar-refractivity contribution in [2.24, 2.45) is 0 Å². The first-order chi connectivity index (χ1) is 39.2. The maximum absolute atomic E-state index is 13.0. The fourth-order valence-electron chi connectivity index (χ4n) is 9.21. The lowest BCUT2D eigenvalue weighted by molar-refractivity contribution is -0.161. The Kier molecular flexibility index (Phi) is 59.6. The third-order valence-corrected chi connectivity index (χ3v) is 15.1. The summed E-state index contributed by atoms with van der Waals surface area (Å²) in [6.07, 6.45) is 71.3. The predicted molar refractivity (Wildman–Crippen MR) is 335 cm³/mol. The van der Waals surface area contributed by atoms with Crippen molar-refractivity contribution in [3.05, 3.63) is 72.9 Å². The van der Waals surface area contributed by atoms with Crippen LogP contribution in [0.5, 0.6) is 0 Å². The van der Waals surface area contributed by atoms with Crippen LogP contribution in [0.25, 0.3) is 0 Å².